The molecule has 0 aliphatic carbocycles. The normalized spacial score (nSPS) is 12.7. The van der Waals surface area contributed by atoms with E-state index in [2.05, 4.69) is 31.9 Å². The average Bonchev–Trinajstić information content (AvgIpc) is 2.67. The van der Waals surface area contributed by atoms with Gasteiger partial charge in [0.05, 0.1) is 13.7 Å². The van der Waals surface area contributed by atoms with Gasteiger partial charge >= 0.3 is 0 Å². The van der Waals surface area contributed by atoms with Gasteiger partial charge in [0, 0.05) is 5.56 Å². The highest BCUT2D eigenvalue weighted by atomic mass is 79.9. The van der Waals surface area contributed by atoms with E-state index in [9.17, 15) is 5.11 Å². The largest absolute Gasteiger partial charge is 0.491 e. The smallest absolute Gasteiger partial charge is 0.120 e. The molecule has 0 aliphatic rings. The lowest BCUT2D eigenvalue weighted by Crippen LogP contribution is -2.06. The van der Waals surface area contributed by atoms with Crippen LogP contribution in [0.5, 0.6) is 5.75 Å². The van der Waals surface area contributed by atoms with Crippen molar-refractivity contribution < 1.29 is 9.84 Å². The number of ether oxygens (including phenoxy) is 1. The predicted octanol–water partition coefficient (Wildman–Crippen LogP) is 5.14. The molecule has 2 rings (SSSR count). The second-order valence-corrected chi connectivity index (χ2v) is 8.17. The summed E-state index contributed by atoms with van der Waals surface area (Å²) in [6.45, 7) is 3.96. The Morgan fingerprint density at radius 2 is 1.95 bits per heavy atom. The fraction of sp³-hybridized carbons (Fsp3) is 0.286. The molecule has 0 bridgehead atoms. The van der Waals surface area contributed by atoms with Gasteiger partial charge in [0.2, 0.25) is 0 Å². The number of aliphatic hydroxyl groups excluding tert-OH is 1. The molecule has 1 N–H and O–H groups in total. The molecule has 0 aliphatic heterocycles. The SMILES string of the molecule is CC(C)Oc1cccc(C(O)c2cc(Br)sc2Br)c1. The first-order chi connectivity index (χ1) is 8.97. The van der Waals surface area contributed by atoms with Crippen LogP contribution in [0.4, 0.5) is 0 Å². The zero-order valence-corrected chi connectivity index (χ0v) is 14.5. The maximum Gasteiger partial charge on any atom is 0.120 e. The minimum Gasteiger partial charge on any atom is -0.491 e. The molecule has 2 aromatic rings. The summed E-state index contributed by atoms with van der Waals surface area (Å²) in [4.78, 5) is 0. The summed E-state index contributed by atoms with van der Waals surface area (Å²) in [6, 6.07) is 9.49. The summed E-state index contributed by atoms with van der Waals surface area (Å²) < 4.78 is 7.57. The van der Waals surface area contributed by atoms with Gasteiger partial charge in [0.1, 0.15) is 11.9 Å². The van der Waals surface area contributed by atoms with Crippen LogP contribution in [0, 0.1) is 0 Å². The number of benzene rings is 1. The van der Waals surface area contributed by atoms with Crippen molar-refractivity contribution in [3.8, 4) is 5.75 Å². The van der Waals surface area contributed by atoms with E-state index in [1.54, 1.807) is 11.3 Å². The van der Waals surface area contributed by atoms with Crippen LogP contribution in [-0.2, 0) is 0 Å². The van der Waals surface area contributed by atoms with Gasteiger partial charge in [0.25, 0.3) is 0 Å². The van der Waals surface area contributed by atoms with Crippen molar-refractivity contribution in [3.05, 3.63) is 49.0 Å². The van der Waals surface area contributed by atoms with Gasteiger partial charge in [-0.05, 0) is 69.5 Å². The first-order valence-electron chi connectivity index (χ1n) is 5.87. The summed E-state index contributed by atoms with van der Waals surface area (Å²) in [6.07, 6.45) is -0.540. The Bertz CT molecular complexity index is 566. The maximum atomic E-state index is 10.4. The molecule has 1 unspecified atom stereocenters. The van der Waals surface area contributed by atoms with Crippen LogP contribution in [0.2, 0.25) is 0 Å². The van der Waals surface area contributed by atoms with Crippen LogP contribution >= 0.6 is 43.2 Å². The van der Waals surface area contributed by atoms with E-state index in [1.165, 1.54) is 0 Å². The Hall–Kier alpha value is -0.360. The molecule has 1 aromatic carbocycles. The van der Waals surface area contributed by atoms with Crippen molar-refractivity contribution >= 4 is 43.2 Å². The number of halogens is 2. The number of thiophene rings is 1. The van der Waals surface area contributed by atoms with Crippen molar-refractivity contribution in [1.82, 2.24) is 0 Å². The van der Waals surface area contributed by atoms with Gasteiger partial charge in [-0.1, -0.05) is 12.1 Å². The van der Waals surface area contributed by atoms with Crippen molar-refractivity contribution in [2.24, 2.45) is 0 Å². The second-order valence-electron chi connectivity index (χ2n) is 4.42. The highest BCUT2D eigenvalue weighted by Crippen LogP contribution is 2.38. The molecular weight excluding hydrogens is 392 g/mol. The summed E-state index contributed by atoms with van der Waals surface area (Å²) in [5, 5.41) is 10.4. The third-order valence-electron chi connectivity index (χ3n) is 2.52. The molecule has 19 heavy (non-hydrogen) atoms. The van der Waals surface area contributed by atoms with Crippen molar-refractivity contribution in [3.63, 3.8) is 0 Å². The molecule has 0 radical (unpaired) electrons. The Morgan fingerprint density at radius 1 is 1.21 bits per heavy atom. The second kappa shape index (κ2) is 6.39. The fourth-order valence-electron chi connectivity index (χ4n) is 1.75. The van der Waals surface area contributed by atoms with Crippen LogP contribution in [0.3, 0.4) is 0 Å². The molecule has 1 heterocycles. The predicted molar refractivity (Wildman–Crippen MR) is 86.0 cm³/mol. The number of rotatable bonds is 4. The van der Waals surface area contributed by atoms with Crippen molar-refractivity contribution in [2.45, 2.75) is 26.1 Å². The standard InChI is InChI=1S/C14H14Br2O2S/c1-8(2)18-10-5-3-4-9(6-10)13(17)11-7-12(15)19-14(11)16/h3-8,13,17H,1-2H3. The summed E-state index contributed by atoms with van der Waals surface area (Å²) in [7, 11) is 0. The van der Waals surface area contributed by atoms with E-state index in [0.29, 0.717) is 0 Å². The topological polar surface area (TPSA) is 29.5 Å². The molecule has 1 atom stereocenters. The monoisotopic (exact) mass is 404 g/mol. The molecule has 0 saturated heterocycles. The Morgan fingerprint density at radius 3 is 2.53 bits per heavy atom. The van der Waals surface area contributed by atoms with Gasteiger partial charge in [-0.2, -0.15) is 0 Å². The molecule has 0 spiro atoms. The van der Waals surface area contributed by atoms with Gasteiger partial charge in [-0.25, -0.2) is 0 Å². The minimum atomic E-state index is -0.660. The van der Waals surface area contributed by atoms with Crippen LogP contribution in [-0.4, -0.2) is 11.2 Å². The van der Waals surface area contributed by atoms with E-state index in [-0.39, 0.29) is 6.10 Å². The highest BCUT2D eigenvalue weighted by molar-refractivity contribution is 9.12. The van der Waals surface area contributed by atoms with E-state index in [1.807, 2.05) is 44.2 Å². The van der Waals surface area contributed by atoms with Gasteiger partial charge in [-0.15, -0.1) is 11.3 Å². The van der Waals surface area contributed by atoms with Gasteiger partial charge < -0.3 is 9.84 Å². The van der Waals surface area contributed by atoms with E-state index >= 15 is 0 Å². The lowest BCUT2D eigenvalue weighted by atomic mass is 10.0. The number of aliphatic hydroxyl groups is 1. The Labute approximate surface area is 133 Å². The highest BCUT2D eigenvalue weighted by Gasteiger charge is 2.17. The van der Waals surface area contributed by atoms with E-state index in [4.69, 9.17) is 4.74 Å². The summed E-state index contributed by atoms with van der Waals surface area (Å²) in [5.41, 5.74) is 1.68. The van der Waals surface area contributed by atoms with E-state index in [0.717, 1.165) is 24.4 Å². The third kappa shape index (κ3) is 3.81. The van der Waals surface area contributed by atoms with Gasteiger partial charge in [0.15, 0.2) is 0 Å². The Kier molecular flexibility index (Phi) is 5.06. The van der Waals surface area contributed by atoms with Crippen molar-refractivity contribution in [1.29, 1.82) is 0 Å². The molecular formula is C14H14Br2O2S. The first kappa shape index (κ1) is 15.0. The molecule has 1 aromatic heterocycles. The molecule has 102 valence electrons. The third-order valence-corrected chi connectivity index (χ3v) is 4.91. The van der Waals surface area contributed by atoms with Crippen LogP contribution in [0.1, 0.15) is 31.1 Å². The fourth-order valence-corrected chi connectivity index (χ4v) is 4.63. The molecule has 0 saturated carbocycles. The van der Waals surface area contributed by atoms with Gasteiger partial charge in [-0.3, -0.25) is 0 Å². The number of hydrogen-bond acceptors (Lipinski definition) is 3. The minimum absolute atomic E-state index is 0.120. The zero-order valence-electron chi connectivity index (χ0n) is 10.6. The lowest BCUT2D eigenvalue weighted by Gasteiger charge is -2.14. The molecule has 0 fully saturated rings. The Balaban J connectivity index is 2.28. The quantitative estimate of drug-likeness (QED) is 0.762. The summed E-state index contributed by atoms with van der Waals surface area (Å²) in [5.74, 6) is 0.775. The first-order valence-corrected chi connectivity index (χ1v) is 8.27. The van der Waals surface area contributed by atoms with Crippen LogP contribution in [0.15, 0.2) is 37.9 Å². The number of hydrogen-bond donors (Lipinski definition) is 1. The lowest BCUT2D eigenvalue weighted by molar-refractivity contribution is 0.216. The molecule has 2 nitrogen and oxygen atoms in total. The maximum absolute atomic E-state index is 10.4. The summed E-state index contributed by atoms with van der Waals surface area (Å²) >= 11 is 8.44. The zero-order chi connectivity index (χ0) is 14.0. The van der Waals surface area contributed by atoms with E-state index < -0.39 is 6.10 Å². The molecule has 5 heteroatoms. The van der Waals surface area contributed by atoms with Crippen LogP contribution < -0.4 is 4.74 Å². The van der Waals surface area contributed by atoms with Crippen molar-refractivity contribution in [2.75, 3.05) is 0 Å². The average molecular weight is 406 g/mol. The molecule has 0 amide bonds. The van der Waals surface area contributed by atoms with Crippen LogP contribution in [0.25, 0.3) is 0 Å².